The Morgan fingerprint density at radius 1 is 1.37 bits per heavy atom. The van der Waals surface area contributed by atoms with E-state index in [2.05, 4.69) is 15.6 Å². The van der Waals surface area contributed by atoms with E-state index in [0.29, 0.717) is 11.5 Å². The molecule has 1 aliphatic heterocycles. The smallest absolute Gasteiger partial charge is 0.229 e. The zero-order valence-corrected chi connectivity index (χ0v) is 12.0. The molecule has 0 unspecified atom stereocenters. The number of sulfonamides is 1. The molecule has 1 aliphatic rings. The van der Waals surface area contributed by atoms with E-state index in [9.17, 15) is 8.42 Å². The summed E-state index contributed by atoms with van der Waals surface area (Å²) in [5.74, 6) is 0.542. The fourth-order valence-corrected chi connectivity index (χ4v) is 2.74. The van der Waals surface area contributed by atoms with Gasteiger partial charge in [0.05, 0.1) is 11.4 Å². The summed E-state index contributed by atoms with van der Waals surface area (Å²) in [6.45, 7) is 3.51. The molecule has 0 spiro atoms. The maximum absolute atomic E-state index is 11.5. The number of hydrogen-bond donors (Lipinski definition) is 3. The summed E-state index contributed by atoms with van der Waals surface area (Å²) in [5.41, 5.74) is 2.23. The number of aliphatic imine (C=N–C) groups is 1. The molecule has 1 fully saturated rings. The highest BCUT2D eigenvalue weighted by Crippen LogP contribution is 2.23. The standard InChI is InChI=1S/C11H15ClN4O2S/c1-8-9(7-19(17,18)16-12)3-2-4-10(8)15-11-13-5-6-14-11/h2-4,16H,5-7H2,1H3,(H2,13,14,15). The van der Waals surface area contributed by atoms with Gasteiger partial charge in [-0.05, 0) is 35.9 Å². The fourth-order valence-electron chi connectivity index (χ4n) is 1.80. The van der Waals surface area contributed by atoms with Gasteiger partial charge in [0.2, 0.25) is 10.0 Å². The van der Waals surface area contributed by atoms with Crippen LogP contribution in [0.2, 0.25) is 0 Å². The van der Waals surface area contributed by atoms with Gasteiger partial charge in [-0.2, -0.15) is 0 Å². The largest absolute Gasteiger partial charge is 0.354 e. The van der Waals surface area contributed by atoms with Crippen molar-refractivity contribution in [3.8, 4) is 0 Å². The Morgan fingerprint density at radius 3 is 2.68 bits per heavy atom. The first kappa shape index (κ1) is 14.1. The van der Waals surface area contributed by atoms with Crippen LogP contribution in [0.15, 0.2) is 23.2 Å². The van der Waals surface area contributed by atoms with Crippen molar-refractivity contribution in [1.82, 2.24) is 14.9 Å². The monoisotopic (exact) mass is 302 g/mol. The van der Waals surface area contributed by atoms with Crippen molar-refractivity contribution in [2.24, 2.45) is 4.99 Å². The van der Waals surface area contributed by atoms with E-state index in [-0.39, 0.29) is 5.75 Å². The zero-order valence-electron chi connectivity index (χ0n) is 10.4. The first-order valence-electron chi connectivity index (χ1n) is 5.77. The van der Waals surface area contributed by atoms with Gasteiger partial charge >= 0.3 is 0 Å². The zero-order chi connectivity index (χ0) is 13.9. The van der Waals surface area contributed by atoms with E-state index in [1.165, 1.54) is 0 Å². The van der Waals surface area contributed by atoms with Gasteiger partial charge in [-0.3, -0.25) is 0 Å². The summed E-state index contributed by atoms with van der Waals surface area (Å²) in [7, 11) is -3.50. The lowest BCUT2D eigenvalue weighted by Crippen LogP contribution is -2.23. The predicted molar refractivity (Wildman–Crippen MR) is 75.9 cm³/mol. The topological polar surface area (TPSA) is 82.6 Å². The van der Waals surface area contributed by atoms with E-state index in [1.807, 2.05) is 13.0 Å². The predicted octanol–water partition coefficient (Wildman–Crippen LogP) is 0.749. The summed E-state index contributed by atoms with van der Waals surface area (Å²) in [6, 6.07) is 5.37. The lowest BCUT2D eigenvalue weighted by molar-refractivity contribution is 0.593. The first-order chi connectivity index (χ1) is 9.02. The second-order valence-electron chi connectivity index (χ2n) is 4.21. The van der Waals surface area contributed by atoms with Crippen molar-refractivity contribution in [3.05, 3.63) is 29.3 Å². The molecule has 8 heteroatoms. The van der Waals surface area contributed by atoms with Crippen LogP contribution in [0.25, 0.3) is 0 Å². The molecule has 6 nitrogen and oxygen atoms in total. The van der Waals surface area contributed by atoms with Crippen molar-refractivity contribution in [1.29, 1.82) is 0 Å². The molecule has 1 aromatic rings. The van der Waals surface area contributed by atoms with Crippen LogP contribution in [0.3, 0.4) is 0 Å². The van der Waals surface area contributed by atoms with Crippen LogP contribution in [0, 0.1) is 6.92 Å². The van der Waals surface area contributed by atoms with Crippen molar-refractivity contribution in [2.75, 3.05) is 13.1 Å². The van der Waals surface area contributed by atoms with Gasteiger partial charge in [0.25, 0.3) is 0 Å². The highest BCUT2D eigenvalue weighted by atomic mass is 35.5. The maximum atomic E-state index is 11.5. The van der Waals surface area contributed by atoms with E-state index >= 15 is 0 Å². The highest BCUT2D eigenvalue weighted by Gasteiger charge is 2.14. The van der Waals surface area contributed by atoms with Crippen LogP contribution in [-0.4, -0.2) is 27.5 Å². The molecule has 0 aliphatic carbocycles. The summed E-state index contributed by atoms with van der Waals surface area (Å²) in [6.07, 6.45) is 0. The Hall–Kier alpha value is -1.31. The fraction of sp³-hybridized carbons (Fsp3) is 0.364. The van der Waals surface area contributed by atoms with Crippen LogP contribution in [-0.2, 0) is 15.8 Å². The second kappa shape index (κ2) is 5.77. The lowest BCUT2D eigenvalue weighted by atomic mass is 10.1. The number of benzene rings is 1. The normalized spacial score (nSPS) is 14.9. The molecular formula is C11H15ClN4O2S. The molecule has 0 aromatic heterocycles. The molecular weight excluding hydrogens is 288 g/mol. The Morgan fingerprint density at radius 2 is 2.05 bits per heavy atom. The minimum Gasteiger partial charge on any atom is -0.354 e. The lowest BCUT2D eigenvalue weighted by Gasteiger charge is -2.09. The number of halogens is 1. The molecule has 0 bridgehead atoms. The van der Waals surface area contributed by atoms with Gasteiger partial charge in [-0.15, -0.1) is 4.24 Å². The van der Waals surface area contributed by atoms with Crippen LogP contribution in [0.1, 0.15) is 11.1 Å². The Labute approximate surface area is 117 Å². The highest BCUT2D eigenvalue weighted by molar-refractivity contribution is 7.89. The molecule has 1 saturated heterocycles. The third kappa shape index (κ3) is 3.59. The third-order valence-corrected chi connectivity index (χ3v) is 4.45. The van der Waals surface area contributed by atoms with Gasteiger partial charge < -0.3 is 10.6 Å². The molecule has 0 amide bonds. The first-order valence-corrected chi connectivity index (χ1v) is 7.80. The second-order valence-corrected chi connectivity index (χ2v) is 6.35. The van der Waals surface area contributed by atoms with Gasteiger partial charge in [0, 0.05) is 13.1 Å². The average molecular weight is 303 g/mol. The van der Waals surface area contributed by atoms with Crippen molar-refractivity contribution in [2.45, 2.75) is 12.7 Å². The molecule has 2 rings (SSSR count). The molecule has 3 N–H and O–H groups in total. The summed E-state index contributed by atoms with van der Waals surface area (Å²) in [5, 5.41) is 6.20. The molecule has 0 atom stereocenters. The van der Waals surface area contributed by atoms with Crippen molar-refractivity contribution < 1.29 is 8.42 Å². The summed E-state index contributed by atoms with van der Waals surface area (Å²) in [4.78, 5) is 4.42. The van der Waals surface area contributed by atoms with Gasteiger partial charge in [-0.1, -0.05) is 12.1 Å². The number of nitrogens with one attached hydrogen (secondary N) is 3. The number of rotatable bonds is 4. The van der Waals surface area contributed by atoms with Crippen LogP contribution < -0.4 is 14.9 Å². The number of guanidine groups is 1. The quantitative estimate of drug-likeness (QED) is 0.717. The van der Waals surface area contributed by atoms with Crippen LogP contribution in [0.5, 0.6) is 0 Å². The van der Waals surface area contributed by atoms with Gasteiger partial charge in [0.15, 0.2) is 5.96 Å². The number of hydrogen-bond acceptors (Lipinski definition) is 3. The minimum absolute atomic E-state index is 0.165. The Balaban J connectivity index is 2.30. The summed E-state index contributed by atoms with van der Waals surface area (Å²) < 4.78 is 24.7. The molecule has 19 heavy (non-hydrogen) atoms. The Kier molecular flexibility index (Phi) is 4.28. The van der Waals surface area contributed by atoms with Crippen molar-refractivity contribution >= 4 is 33.4 Å². The van der Waals surface area contributed by atoms with Crippen LogP contribution in [0.4, 0.5) is 5.69 Å². The van der Waals surface area contributed by atoms with Gasteiger partial charge in [0.1, 0.15) is 0 Å². The van der Waals surface area contributed by atoms with E-state index in [1.54, 1.807) is 16.4 Å². The van der Waals surface area contributed by atoms with E-state index in [0.717, 1.165) is 24.3 Å². The SMILES string of the molecule is Cc1c(CS(=O)(=O)NCl)cccc1N=C1NCCN1. The molecule has 1 heterocycles. The van der Waals surface area contributed by atoms with Gasteiger partial charge in [-0.25, -0.2) is 13.4 Å². The third-order valence-electron chi connectivity index (χ3n) is 2.82. The summed E-state index contributed by atoms with van der Waals surface area (Å²) >= 11 is 5.19. The maximum Gasteiger partial charge on any atom is 0.229 e. The Bertz CT molecular complexity index is 593. The number of nitrogens with zero attached hydrogens (tertiary/aromatic N) is 1. The molecule has 0 saturated carbocycles. The van der Waals surface area contributed by atoms with Crippen LogP contribution >= 0.6 is 11.8 Å². The van der Waals surface area contributed by atoms with Crippen molar-refractivity contribution in [3.63, 3.8) is 0 Å². The molecule has 104 valence electrons. The van der Waals surface area contributed by atoms with E-state index < -0.39 is 10.0 Å². The minimum atomic E-state index is -3.50. The average Bonchev–Trinajstić information content (AvgIpc) is 2.87. The molecule has 0 radical (unpaired) electrons. The van der Waals surface area contributed by atoms with E-state index in [4.69, 9.17) is 11.8 Å². The molecule has 1 aromatic carbocycles.